The molecule has 9 nitrogen and oxygen atoms in total. The van der Waals surface area contributed by atoms with Crippen LogP contribution in [0.15, 0.2) is 36.5 Å². The Kier molecular flexibility index (Phi) is 7.30. The normalized spacial score (nSPS) is 16.1. The first-order valence-electron chi connectivity index (χ1n) is 10.7. The molecule has 0 saturated carbocycles. The number of imidazole rings is 1. The standard InChI is InChI=1S/C23H24ClFN4O5/c1-33-8-5-26-22(30)14-2-3-17(18(25)10-14)21-19(29-6-4-15(24)11-20(29)27-21)12-16-13-28(23(31)32)7-9-34-16/h2-4,6,10-11,16H,5,7-9,12-13H2,1H3,(H,26,30)(H,31,32). The van der Waals surface area contributed by atoms with Gasteiger partial charge in [0.1, 0.15) is 11.5 Å². The van der Waals surface area contributed by atoms with Crippen molar-refractivity contribution in [2.75, 3.05) is 40.0 Å². The minimum atomic E-state index is -1.01. The predicted molar refractivity (Wildman–Crippen MR) is 123 cm³/mol. The van der Waals surface area contributed by atoms with Gasteiger partial charge in [0.25, 0.3) is 5.91 Å². The number of aromatic nitrogens is 2. The third-order valence-electron chi connectivity index (χ3n) is 5.60. The minimum Gasteiger partial charge on any atom is -0.465 e. The summed E-state index contributed by atoms with van der Waals surface area (Å²) in [6.45, 7) is 1.42. The zero-order chi connectivity index (χ0) is 24.2. The molecule has 180 valence electrons. The maximum Gasteiger partial charge on any atom is 0.407 e. The molecule has 0 spiro atoms. The van der Waals surface area contributed by atoms with Crippen LogP contribution in [-0.2, 0) is 15.9 Å². The van der Waals surface area contributed by atoms with Crippen molar-refractivity contribution in [2.45, 2.75) is 12.5 Å². The van der Waals surface area contributed by atoms with Crippen LogP contribution in [0.25, 0.3) is 16.9 Å². The molecule has 0 aliphatic carbocycles. The van der Waals surface area contributed by atoms with Gasteiger partial charge >= 0.3 is 6.09 Å². The smallest absolute Gasteiger partial charge is 0.407 e. The Morgan fingerprint density at radius 3 is 2.91 bits per heavy atom. The number of amides is 2. The summed E-state index contributed by atoms with van der Waals surface area (Å²) in [4.78, 5) is 29.6. The van der Waals surface area contributed by atoms with Gasteiger partial charge in [0.15, 0.2) is 0 Å². The van der Waals surface area contributed by atoms with E-state index in [-0.39, 0.29) is 24.3 Å². The minimum absolute atomic E-state index is 0.179. The van der Waals surface area contributed by atoms with Crippen molar-refractivity contribution in [3.05, 3.63) is 58.6 Å². The Bertz CT molecular complexity index is 1220. The summed E-state index contributed by atoms with van der Waals surface area (Å²) < 4.78 is 27.7. The van der Waals surface area contributed by atoms with Gasteiger partial charge < -0.3 is 29.2 Å². The molecule has 1 atom stereocenters. The molecule has 2 aromatic heterocycles. The molecular weight excluding hydrogens is 467 g/mol. The van der Waals surface area contributed by atoms with E-state index in [1.54, 1.807) is 22.7 Å². The summed E-state index contributed by atoms with van der Waals surface area (Å²) in [6.07, 6.45) is 0.606. The zero-order valence-electron chi connectivity index (χ0n) is 18.5. The van der Waals surface area contributed by atoms with Gasteiger partial charge in [0.05, 0.1) is 37.3 Å². The van der Waals surface area contributed by atoms with E-state index >= 15 is 4.39 Å². The van der Waals surface area contributed by atoms with Crippen molar-refractivity contribution in [3.63, 3.8) is 0 Å². The molecule has 3 heterocycles. The Morgan fingerprint density at radius 2 is 2.18 bits per heavy atom. The fourth-order valence-electron chi connectivity index (χ4n) is 3.93. The van der Waals surface area contributed by atoms with Crippen molar-refractivity contribution in [3.8, 4) is 11.3 Å². The molecule has 1 aliphatic rings. The number of ether oxygens (including phenoxy) is 2. The molecule has 0 bridgehead atoms. The van der Waals surface area contributed by atoms with E-state index in [4.69, 9.17) is 21.1 Å². The van der Waals surface area contributed by atoms with Gasteiger partial charge in [0, 0.05) is 55.0 Å². The lowest BCUT2D eigenvalue weighted by Crippen LogP contribution is -2.45. The number of nitrogens with one attached hydrogen (secondary N) is 1. The first-order chi connectivity index (χ1) is 16.4. The van der Waals surface area contributed by atoms with Gasteiger partial charge in [0.2, 0.25) is 0 Å². The average molecular weight is 491 g/mol. The van der Waals surface area contributed by atoms with Crippen molar-refractivity contribution in [2.24, 2.45) is 0 Å². The van der Waals surface area contributed by atoms with Gasteiger partial charge in [-0.2, -0.15) is 0 Å². The van der Waals surface area contributed by atoms with Crippen molar-refractivity contribution in [1.82, 2.24) is 19.6 Å². The highest BCUT2D eigenvalue weighted by Crippen LogP contribution is 2.30. The Balaban J connectivity index is 1.68. The number of benzene rings is 1. The quantitative estimate of drug-likeness (QED) is 0.493. The molecule has 1 unspecified atom stereocenters. The Labute approximate surface area is 200 Å². The SMILES string of the molecule is COCCNC(=O)c1ccc(-c2nc3cc(Cl)ccn3c2CC2CN(C(=O)O)CCO2)c(F)c1. The van der Waals surface area contributed by atoms with E-state index in [1.165, 1.54) is 30.2 Å². The van der Waals surface area contributed by atoms with Crippen molar-refractivity contribution >= 4 is 29.2 Å². The van der Waals surface area contributed by atoms with Gasteiger partial charge in [-0.1, -0.05) is 11.6 Å². The van der Waals surface area contributed by atoms with Crippen LogP contribution >= 0.6 is 11.6 Å². The summed E-state index contributed by atoms with van der Waals surface area (Å²) >= 11 is 6.13. The number of nitrogens with zero attached hydrogens (tertiary/aromatic N) is 3. The molecule has 11 heteroatoms. The van der Waals surface area contributed by atoms with Gasteiger partial charge in [-0.05, 0) is 24.3 Å². The van der Waals surface area contributed by atoms with Gasteiger partial charge in [-0.25, -0.2) is 14.2 Å². The van der Waals surface area contributed by atoms with Crippen LogP contribution in [0.1, 0.15) is 16.1 Å². The van der Waals surface area contributed by atoms with Gasteiger partial charge in [-0.3, -0.25) is 4.79 Å². The highest BCUT2D eigenvalue weighted by atomic mass is 35.5. The highest BCUT2D eigenvalue weighted by Gasteiger charge is 2.27. The first-order valence-corrected chi connectivity index (χ1v) is 11.1. The lowest BCUT2D eigenvalue weighted by molar-refractivity contribution is -0.0214. The average Bonchev–Trinajstić information content (AvgIpc) is 3.16. The van der Waals surface area contributed by atoms with Crippen LogP contribution in [0, 0.1) is 5.82 Å². The van der Waals surface area contributed by atoms with Crippen LogP contribution < -0.4 is 5.32 Å². The third-order valence-corrected chi connectivity index (χ3v) is 5.83. The molecule has 0 radical (unpaired) electrons. The molecule has 34 heavy (non-hydrogen) atoms. The van der Waals surface area contributed by atoms with Crippen molar-refractivity contribution in [1.29, 1.82) is 0 Å². The lowest BCUT2D eigenvalue weighted by Gasteiger charge is -2.31. The van der Waals surface area contributed by atoms with Crippen LogP contribution in [-0.4, -0.2) is 77.5 Å². The molecule has 2 amide bonds. The van der Waals surface area contributed by atoms with E-state index < -0.39 is 23.9 Å². The topological polar surface area (TPSA) is 105 Å². The summed E-state index contributed by atoms with van der Waals surface area (Å²) in [7, 11) is 1.53. The van der Waals surface area contributed by atoms with E-state index in [0.29, 0.717) is 48.2 Å². The number of rotatable bonds is 7. The fraction of sp³-hybridized carbons (Fsp3) is 0.348. The van der Waals surface area contributed by atoms with Crippen LogP contribution in [0.5, 0.6) is 0 Å². The maximum atomic E-state index is 15.2. The fourth-order valence-corrected chi connectivity index (χ4v) is 4.08. The number of hydrogen-bond donors (Lipinski definition) is 2. The van der Waals surface area contributed by atoms with Crippen LogP contribution in [0.4, 0.5) is 9.18 Å². The summed E-state index contributed by atoms with van der Waals surface area (Å²) in [5.41, 5.74) is 1.94. The largest absolute Gasteiger partial charge is 0.465 e. The molecule has 1 aromatic carbocycles. The number of fused-ring (bicyclic) bond motifs is 1. The Hall–Kier alpha value is -3.21. The number of morpholine rings is 1. The molecule has 3 aromatic rings. The molecule has 1 saturated heterocycles. The van der Waals surface area contributed by atoms with Crippen LogP contribution in [0.2, 0.25) is 5.02 Å². The number of halogens is 2. The third kappa shape index (κ3) is 5.14. The van der Waals surface area contributed by atoms with Crippen molar-refractivity contribution < 1.29 is 28.6 Å². The van der Waals surface area contributed by atoms with Gasteiger partial charge in [-0.15, -0.1) is 0 Å². The second-order valence-corrected chi connectivity index (χ2v) is 8.29. The van der Waals surface area contributed by atoms with E-state index in [9.17, 15) is 14.7 Å². The van der Waals surface area contributed by atoms with E-state index in [0.717, 1.165) is 0 Å². The second kappa shape index (κ2) is 10.4. The van der Waals surface area contributed by atoms with E-state index in [2.05, 4.69) is 10.3 Å². The number of pyridine rings is 1. The molecule has 1 aliphatic heterocycles. The summed E-state index contributed by atoms with van der Waals surface area (Å²) in [6, 6.07) is 7.57. The first kappa shape index (κ1) is 23.9. The number of methoxy groups -OCH3 is 1. The summed E-state index contributed by atoms with van der Waals surface area (Å²) in [5.74, 6) is -1.01. The van der Waals surface area contributed by atoms with E-state index in [1.807, 2.05) is 0 Å². The zero-order valence-corrected chi connectivity index (χ0v) is 19.2. The molecular formula is C23H24ClFN4O5. The monoisotopic (exact) mass is 490 g/mol. The van der Waals surface area contributed by atoms with Crippen LogP contribution in [0.3, 0.4) is 0 Å². The highest BCUT2D eigenvalue weighted by molar-refractivity contribution is 6.30. The Morgan fingerprint density at radius 1 is 1.35 bits per heavy atom. The molecule has 1 fully saturated rings. The summed E-state index contributed by atoms with van der Waals surface area (Å²) in [5, 5.41) is 12.5. The maximum absolute atomic E-state index is 15.2. The number of carbonyl (C=O) groups excluding carboxylic acids is 1. The number of hydrogen-bond acceptors (Lipinski definition) is 5. The second-order valence-electron chi connectivity index (χ2n) is 7.85. The predicted octanol–water partition coefficient (Wildman–Crippen LogP) is 3.09. The lowest BCUT2D eigenvalue weighted by atomic mass is 10.0. The molecule has 4 rings (SSSR count). The molecule has 2 N–H and O–H groups in total. The number of carboxylic acid groups (broad SMARTS) is 1. The number of carbonyl (C=O) groups is 2.